The Bertz CT molecular complexity index is 1270. The molecule has 1 N–H and O–H groups in total. The number of nitrogens with zero attached hydrogens (tertiary/aromatic N) is 1. The van der Waals surface area contributed by atoms with Crippen LogP contribution in [0.1, 0.15) is 78.2 Å². The van der Waals surface area contributed by atoms with Crippen LogP contribution in [0.2, 0.25) is 0 Å². The summed E-state index contributed by atoms with van der Waals surface area (Å²) in [6.07, 6.45) is 0.0993. The highest BCUT2D eigenvalue weighted by molar-refractivity contribution is 6.62. The fraction of sp³-hybridized carbons (Fsp3) is 0.516. The van der Waals surface area contributed by atoms with Crippen LogP contribution in [0.5, 0.6) is 0 Å². The standard InChI is InChI=1S/C31H41BN2O6/c1-10-38-26(37)31(20-21-16-18-23(19-17-21)32-39-28(5,6)29(7,8)40-32)30(9,25(36)33-27(2,3)4)34(31)24(35)22-14-12-11-13-15-22/h11-19H,10,20H2,1-9H3,(H,33,36). The van der Waals surface area contributed by atoms with E-state index in [0.29, 0.717) is 5.56 Å². The second kappa shape index (κ2) is 10.0. The summed E-state index contributed by atoms with van der Waals surface area (Å²) in [5.41, 5.74) is -2.52. The predicted octanol–water partition coefficient (Wildman–Crippen LogP) is 3.66. The molecule has 0 spiro atoms. The van der Waals surface area contributed by atoms with E-state index in [1.165, 1.54) is 4.90 Å². The lowest BCUT2D eigenvalue weighted by Gasteiger charge is -2.32. The Hall–Kier alpha value is -3.17. The molecule has 2 aromatic rings. The van der Waals surface area contributed by atoms with E-state index in [-0.39, 0.29) is 13.0 Å². The second-order valence-electron chi connectivity index (χ2n) is 12.9. The third kappa shape index (κ3) is 4.94. The Morgan fingerprint density at radius 2 is 1.45 bits per heavy atom. The van der Waals surface area contributed by atoms with Crippen LogP contribution >= 0.6 is 0 Å². The van der Waals surface area contributed by atoms with Gasteiger partial charge in [-0.15, -0.1) is 0 Å². The van der Waals surface area contributed by atoms with Gasteiger partial charge in [0, 0.05) is 17.5 Å². The van der Waals surface area contributed by atoms with Crippen LogP contribution in [0.25, 0.3) is 0 Å². The van der Waals surface area contributed by atoms with Crippen molar-refractivity contribution in [3.05, 3.63) is 65.7 Å². The van der Waals surface area contributed by atoms with E-state index in [1.807, 2.05) is 78.8 Å². The first-order chi connectivity index (χ1) is 18.5. The maximum absolute atomic E-state index is 13.9. The molecule has 2 atom stereocenters. The number of benzene rings is 2. The third-order valence-corrected chi connectivity index (χ3v) is 8.32. The van der Waals surface area contributed by atoms with Gasteiger partial charge in [-0.05, 0) is 85.5 Å². The zero-order valence-corrected chi connectivity index (χ0v) is 25.1. The Morgan fingerprint density at radius 3 is 1.95 bits per heavy atom. The SMILES string of the molecule is CCOC(=O)C1(Cc2ccc(B3OC(C)(C)C(C)(C)O3)cc2)N(C(=O)c2ccccc2)C1(C)C(=O)NC(C)(C)C. The minimum atomic E-state index is -1.53. The molecule has 2 aromatic carbocycles. The lowest BCUT2D eigenvalue weighted by atomic mass is 9.78. The van der Waals surface area contributed by atoms with Gasteiger partial charge in [-0.1, -0.05) is 42.5 Å². The van der Waals surface area contributed by atoms with Crippen LogP contribution in [0.15, 0.2) is 54.6 Å². The number of nitrogens with one attached hydrogen (secondary N) is 1. The van der Waals surface area contributed by atoms with E-state index in [4.69, 9.17) is 14.0 Å². The number of carbonyl (C=O) groups is 3. The number of hydrogen-bond donors (Lipinski definition) is 1. The summed E-state index contributed by atoms with van der Waals surface area (Å²) in [4.78, 5) is 42.8. The van der Waals surface area contributed by atoms with Crippen LogP contribution in [-0.2, 0) is 30.1 Å². The molecule has 40 heavy (non-hydrogen) atoms. The maximum atomic E-state index is 13.9. The van der Waals surface area contributed by atoms with E-state index in [9.17, 15) is 14.4 Å². The van der Waals surface area contributed by atoms with Gasteiger partial charge < -0.3 is 24.3 Å². The summed E-state index contributed by atoms with van der Waals surface area (Å²) >= 11 is 0. The van der Waals surface area contributed by atoms with E-state index < -0.39 is 52.7 Å². The van der Waals surface area contributed by atoms with Crippen molar-refractivity contribution in [2.24, 2.45) is 0 Å². The number of amides is 2. The van der Waals surface area contributed by atoms with Gasteiger partial charge in [0.2, 0.25) is 5.91 Å². The van der Waals surface area contributed by atoms with Crippen LogP contribution in [0, 0.1) is 0 Å². The molecular formula is C31H41BN2O6. The fourth-order valence-electron chi connectivity index (χ4n) is 5.30. The highest BCUT2D eigenvalue weighted by atomic mass is 16.7. The van der Waals surface area contributed by atoms with Gasteiger partial charge >= 0.3 is 13.1 Å². The van der Waals surface area contributed by atoms with Gasteiger partial charge in [-0.3, -0.25) is 9.59 Å². The van der Waals surface area contributed by atoms with Crippen molar-refractivity contribution in [2.45, 2.75) is 96.6 Å². The van der Waals surface area contributed by atoms with Crippen LogP contribution in [0.3, 0.4) is 0 Å². The smallest absolute Gasteiger partial charge is 0.464 e. The van der Waals surface area contributed by atoms with E-state index in [1.54, 1.807) is 38.1 Å². The number of carbonyl (C=O) groups excluding carboxylic acids is 3. The lowest BCUT2D eigenvalue weighted by molar-refractivity contribution is -0.148. The molecule has 2 aliphatic rings. The molecule has 0 bridgehead atoms. The molecule has 2 saturated heterocycles. The van der Waals surface area contributed by atoms with Gasteiger partial charge in [-0.2, -0.15) is 0 Å². The highest BCUT2D eigenvalue weighted by Gasteiger charge is 2.83. The largest absolute Gasteiger partial charge is 0.494 e. The van der Waals surface area contributed by atoms with E-state index in [0.717, 1.165) is 11.0 Å². The first-order valence-corrected chi connectivity index (χ1v) is 13.8. The second-order valence-corrected chi connectivity index (χ2v) is 12.9. The molecule has 2 aliphatic heterocycles. The minimum Gasteiger partial charge on any atom is -0.464 e. The normalized spacial score (nSPS) is 24.9. The maximum Gasteiger partial charge on any atom is 0.494 e. The molecule has 2 amide bonds. The molecular weight excluding hydrogens is 507 g/mol. The van der Waals surface area contributed by atoms with Crippen molar-refractivity contribution >= 4 is 30.4 Å². The van der Waals surface area contributed by atoms with Crippen molar-refractivity contribution in [3.8, 4) is 0 Å². The summed E-state index contributed by atoms with van der Waals surface area (Å²) in [6.45, 7) is 17.1. The molecule has 9 heteroatoms. The summed E-state index contributed by atoms with van der Waals surface area (Å²) in [6, 6.07) is 16.2. The number of ether oxygens (including phenoxy) is 1. The van der Waals surface area contributed by atoms with Crippen LogP contribution in [-0.4, -0.2) is 64.2 Å². The van der Waals surface area contributed by atoms with Crippen molar-refractivity contribution in [2.75, 3.05) is 6.61 Å². The minimum absolute atomic E-state index is 0.0993. The monoisotopic (exact) mass is 548 g/mol. The zero-order valence-electron chi connectivity index (χ0n) is 25.1. The summed E-state index contributed by atoms with van der Waals surface area (Å²) in [5.74, 6) is -1.43. The van der Waals surface area contributed by atoms with E-state index in [2.05, 4.69) is 5.32 Å². The molecule has 2 heterocycles. The topological polar surface area (TPSA) is 93.9 Å². The molecule has 4 rings (SSSR count). The summed E-state index contributed by atoms with van der Waals surface area (Å²) in [7, 11) is -0.530. The molecule has 8 nitrogen and oxygen atoms in total. The number of rotatable bonds is 7. The summed E-state index contributed by atoms with van der Waals surface area (Å²) < 4.78 is 17.9. The third-order valence-electron chi connectivity index (χ3n) is 8.32. The Labute approximate surface area is 237 Å². The van der Waals surface area contributed by atoms with Crippen molar-refractivity contribution < 1.29 is 28.4 Å². The Balaban J connectivity index is 1.73. The molecule has 0 aliphatic carbocycles. The van der Waals surface area contributed by atoms with Gasteiger partial charge in [0.05, 0.1) is 17.8 Å². The number of esters is 1. The van der Waals surface area contributed by atoms with Gasteiger partial charge in [0.25, 0.3) is 5.91 Å². The Kier molecular flexibility index (Phi) is 7.48. The molecule has 214 valence electrons. The highest BCUT2D eigenvalue weighted by Crippen LogP contribution is 2.56. The number of hydrogen-bond acceptors (Lipinski definition) is 6. The molecule has 0 aromatic heterocycles. The van der Waals surface area contributed by atoms with Crippen LogP contribution < -0.4 is 10.8 Å². The average Bonchev–Trinajstić information content (AvgIpc) is 3.33. The first-order valence-electron chi connectivity index (χ1n) is 13.8. The van der Waals surface area contributed by atoms with Gasteiger partial charge in [0.15, 0.2) is 11.1 Å². The van der Waals surface area contributed by atoms with Gasteiger partial charge in [0.1, 0.15) is 0 Å². The lowest BCUT2D eigenvalue weighted by Crippen LogP contribution is -2.51. The van der Waals surface area contributed by atoms with Crippen LogP contribution in [0.4, 0.5) is 0 Å². The quantitative estimate of drug-likeness (QED) is 0.323. The van der Waals surface area contributed by atoms with Crippen molar-refractivity contribution in [1.29, 1.82) is 0 Å². The predicted molar refractivity (Wildman–Crippen MR) is 154 cm³/mol. The average molecular weight is 548 g/mol. The van der Waals surface area contributed by atoms with Crippen molar-refractivity contribution in [3.63, 3.8) is 0 Å². The fourth-order valence-corrected chi connectivity index (χ4v) is 5.30. The van der Waals surface area contributed by atoms with Crippen molar-refractivity contribution in [1.82, 2.24) is 10.2 Å². The molecule has 0 saturated carbocycles. The zero-order chi connectivity index (χ0) is 29.7. The van der Waals surface area contributed by atoms with Gasteiger partial charge in [-0.25, -0.2) is 4.79 Å². The van der Waals surface area contributed by atoms with E-state index >= 15 is 0 Å². The molecule has 0 radical (unpaired) electrons. The Morgan fingerprint density at radius 1 is 0.900 bits per heavy atom. The summed E-state index contributed by atoms with van der Waals surface area (Å²) in [5, 5.41) is 2.98. The molecule has 2 fully saturated rings. The molecule has 2 unspecified atom stereocenters. The first kappa shape index (κ1) is 29.8.